The predicted molar refractivity (Wildman–Crippen MR) is 118 cm³/mol. The number of aryl methyl sites for hydroxylation is 2. The van der Waals surface area contributed by atoms with E-state index in [2.05, 4.69) is 5.32 Å². The van der Waals surface area contributed by atoms with E-state index >= 15 is 0 Å². The van der Waals surface area contributed by atoms with Crippen LogP contribution < -0.4 is 5.32 Å². The molecule has 3 aromatic carbocycles. The summed E-state index contributed by atoms with van der Waals surface area (Å²) in [5.41, 5.74) is 4.51. The van der Waals surface area contributed by atoms with E-state index in [1.807, 2.05) is 55.5 Å². The number of carbonyl (C=O) groups is 1. The van der Waals surface area contributed by atoms with Crippen LogP contribution in [-0.2, 0) is 0 Å². The average Bonchev–Trinajstić information content (AvgIpc) is 2.74. The van der Waals surface area contributed by atoms with Crippen molar-refractivity contribution in [2.24, 2.45) is 0 Å². The van der Waals surface area contributed by atoms with Gasteiger partial charge < -0.3 is 5.32 Å². The summed E-state index contributed by atoms with van der Waals surface area (Å²) in [5, 5.41) is 14.8. The van der Waals surface area contributed by atoms with Gasteiger partial charge in [0.2, 0.25) is 0 Å². The summed E-state index contributed by atoms with van der Waals surface area (Å²) in [6.07, 6.45) is 0. The zero-order valence-electron chi connectivity index (χ0n) is 16.5. The van der Waals surface area contributed by atoms with Crippen molar-refractivity contribution in [2.75, 3.05) is 5.32 Å². The summed E-state index contributed by atoms with van der Waals surface area (Å²) in [5.74, 6) is -0.422. The zero-order valence-corrected chi connectivity index (χ0v) is 16.5. The standard InChI is InChI=1S/C24H19N3O3/c1-15-6-5-7-17(12-15)22-14-19(18-8-3-4-9-20(18)25-22)24(28)26-21-11-10-16(2)13-23(21)27(29)30/h3-14H,1-2H3,(H,26,28). The van der Waals surface area contributed by atoms with Gasteiger partial charge in [-0.1, -0.05) is 48.0 Å². The molecule has 0 radical (unpaired) electrons. The Bertz CT molecular complexity index is 1300. The Morgan fingerprint density at radius 1 is 0.933 bits per heavy atom. The molecule has 1 amide bonds. The number of nitrogens with zero attached hydrogens (tertiary/aromatic N) is 2. The molecule has 1 N–H and O–H groups in total. The second-order valence-corrected chi connectivity index (χ2v) is 7.17. The second kappa shape index (κ2) is 7.75. The highest BCUT2D eigenvalue weighted by molar-refractivity contribution is 6.13. The summed E-state index contributed by atoms with van der Waals surface area (Å²) in [7, 11) is 0. The molecule has 4 aromatic rings. The summed E-state index contributed by atoms with van der Waals surface area (Å²) in [4.78, 5) is 28.8. The van der Waals surface area contributed by atoms with E-state index in [-0.39, 0.29) is 11.4 Å². The third-order valence-corrected chi connectivity index (χ3v) is 4.87. The summed E-state index contributed by atoms with van der Waals surface area (Å²) < 4.78 is 0. The number of amides is 1. The number of hydrogen-bond acceptors (Lipinski definition) is 4. The van der Waals surface area contributed by atoms with Crippen LogP contribution in [0.5, 0.6) is 0 Å². The molecule has 6 nitrogen and oxygen atoms in total. The molecule has 4 rings (SSSR count). The van der Waals surface area contributed by atoms with E-state index in [0.29, 0.717) is 22.2 Å². The van der Waals surface area contributed by atoms with E-state index in [9.17, 15) is 14.9 Å². The van der Waals surface area contributed by atoms with Crippen LogP contribution in [0.4, 0.5) is 11.4 Å². The molecule has 0 atom stereocenters. The first-order valence-electron chi connectivity index (χ1n) is 9.45. The lowest BCUT2D eigenvalue weighted by atomic mass is 10.0. The molecule has 0 fully saturated rings. The van der Waals surface area contributed by atoms with Gasteiger partial charge in [0.05, 0.1) is 21.7 Å². The normalized spacial score (nSPS) is 10.7. The van der Waals surface area contributed by atoms with Gasteiger partial charge in [-0.2, -0.15) is 0 Å². The number of rotatable bonds is 4. The topological polar surface area (TPSA) is 85.1 Å². The number of hydrogen-bond donors (Lipinski definition) is 1. The van der Waals surface area contributed by atoms with Crippen LogP contribution in [-0.4, -0.2) is 15.8 Å². The molecule has 148 valence electrons. The van der Waals surface area contributed by atoms with Gasteiger partial charge in [-0.15, -0.1) is 0 Å². The van der Waals surface area contributed by atoms with Crippen molar-refractivity contribution in [3.63, 3.8) is 0 Å². The molecule has 1 heterocycles. The van der Waals surface area contributed by atoms with Crippen LogP contribution >= 0.6 is 0 Å². The summed E-state index contributed by atoms with van der Waals surface area (Å²) in [6, 6.07) is 21.7. The number of anilines is 1. The predicted octanol–water partition coefficient (Wildman–Crippen LogP) is 5.68. The van der Waals surface area contributed by atoms with Crippen LogP contribution in [0.1, 0.15) is 21.5 Å². The highest BCUT2D eigenvalue weighted by Gasteiger charge is 2.19. The molecule has 1 aromatic heterocycles. The maximum absolute atomic E-state index is 13.2. The third kappa shape index (κ3) is 3.75. The number of para-hydroxylation sites is 1. The fraction of sp³-hybridized carbons (Fsp3) is 0.0833. The van der Waals surface area contributed by atoms with Gasteiger partial charge in [-0.05, 0) is 43.7 Å². The lowest BCUT2D eigenvalue weighted by Crippen LogP contribution is -2.14. The van der Waals surface area contributed by atoms with Crippen LogP contribution in [0.15, 0.2) is 72.8 Å². The van der Waals surface area contributed by atoms with E-state index in [1.165, 1.54) is 6.07 Å². The lowest BCUT2D eigenvalue weighted by molar-refractivity contribution is -0.384. The largest absolute Gasteiger partial charge is 0.316 e. The Balaban J connectivity index is 1.82. The fourth-order valence-electron chi connectivity index (χ4n) is 3.40. The van der Waals surface area contributed by atoms with Gasteiger partial charge in [-0.3, -0.25) is 14.9 Å². The number of nitro groups is 1. The van der Waals surface area contributed by atoms with Crippen molar-refractivity contribution >= 4 is 28.2 Å². The first-order valence-corrected chi connectivity index (χ1v) is 9.45. The first-order chi connectivity index (χ1) is 14.4. The molecule has 6 heteroatoms. The van der Waals surface area contributed by atoms with Gasteiger partial charge in [0.15, 0.2) is 0 Å². The number of pyridine rings is 1. The molecule has 0 aliphatic heterocycles. The average molecular weight is 397 g/mol. The van der Waals surface area contributed by atoms with Gasteiger partial charge in [0.1, 0.15) is 5.69 Å². The van der Waals surface area contributed by atoms with Crippen molar-refractivity contribution in [3.8, 4) is 11.3 Å². The van der Waals surface area contributed by atoms with Crippen LogP contribution in [0.3, 0.4) is 0 Å². The van der Waals surface area contributed by atoms with Gasteiger partial charge in [0.25, 0.3) is 11.6 Å². The Kier molecular flexibility index (Phi) is 4.98. The van der Waals surface area contributed by atoms with Crippen molar-refractivity contribution < 1.29 is 9.72 Å². The number of aromatic nitrogens is 1. The molecule has 0 saturated carbocycles. The van der Waals surface area contributed by atoms with E-state index in [1.54, 1.807) is 25.1 Å². The highest BCUT2D eigenvalue weighted by atomic mass is 16.6. The number of nitro benzene ring substituents is 1. The number of fused-ring (bicyclic) bond motifs is 1. The molecular formula is C24H19N3O3. The van der Waals surface area contributed by atoms with Crippen molar-refractivity contribution in [3.05, 3.63) is 99.6 Å². The van der Waals surface area contributed by atoms with Gasteiger partial charge in [-0.25, -0.2) is 4.98 Å². The molecular weight excluding hydrogens is 378 g/mol. The van der Waals surface area contributed by atoms with E-state index < -0.39 is 10.8 Å². The van der Waals surface area contributed by atoms with Crippen LogP contribution in [0.2, 0.25) is 0 Å². The molecule has 0 aliphatic carbocycles. The number of nitrogens with one attached hydrogen (secondary N) is 1. The SMILES string of the molecule is Cc1cccc(-c2cc(C(=O)Nc3ccc(C)cc3[N+](=O)[O-])c3ccccc3n2)c1. The van der Waals surface area contributed by atoms with Crippen LogP contribution in [0, 0.1) is 24.0 Å². The minimum atomic E-state index is -0.495. The summed E-state index contributed by atoms with van der Waals surface area (Å²) >= 11 is 0. The Labute approximate surface area is 173 Å². The maximum Gasteiger partial charge on any atom is 0.293 e. The molecule has 0 saturated heterocycles. The highest BCUT2D eigenvalue weighted by Crippen LogP contribution is 2.29. The molecule has 0 bridgehead atoms. The minimum absolute atomic E-state index is 0.138. The Hall–Kier alpha value is -4.06. The number of carbonyl (C=O) groups excluding carboxylic acids is 1. The minimum Gasteiger partial charge on any atom is -0.316 e. The quantitative estimate of drug-likeness (QED) is 0.355. The smallest absolute Gasteiger partial charge is 0.293 e. The monoisotopic (exact) mass is 397 g/mol. The van der Waals surface area contributed by atoms with Crippen LogP contribution in [0.25, 0.3) is 22.2 Å². The molecule has 30 heavy (non-hydrogen) atoms. The number of benzene rings is 3. The Morgan fingerprint density at radius 2 is 1.70 bits per heavy atom. The maximum atomic E-state index is 13.2. The van der Waals surface area contributed by atoms with E-state index in [0.717, 1.165) is 16.7 Å². The summed E-state index contributed by atoms with van der Waals surface area (Å²) in [6.45, 7) is 3.76. The van der Waals surface area contributed by atoms with Crippen molar-refractivity contribution in [1.29, 1.82) is 0 Å². The first kappa shape index (κ1) is 19.3. The molecule has 0 unspecified atom stereocenters. The zero-order chi connectivity index (χ0) is 21.3. The lowest BCUT2D eigenvalue weighted by Gasteiger charge is -2.11. The van der Waals surface area contributed by atoms with E-state index in [4.69, 9.17) is 4.98 Å². The molecule has 0 aliphatic rings. The third-order valence-electron chi connectivity index (χ3n) is 4.87. The van der Waals surface area contributed by atoms with Gasteiger partial charge >= 0.3 is 0 Å². The van der Waals surface area contributed by atoms with Crippen molar-refractivity contribution in [1.82, 2.24) is 4.98 Å². The molecule has 0 spiro atoms. The Morgan fingerprint density at radius 3 is 2.47 bits per heavy atom. The van der Waals surface area contributed by atoms with Crippen molar-refractivity contribution in [2.45, 2.75) is 13.8 Å². The second-order valence-electron chi connectivity index (χ2n) is 7.17. The van der Waals surface area contributed by atoms with Gasteiger partial charge in [0, 0.05) is 17.0 Å². The fourth-order valence-corrected chi connectivity index (χ4v) is 3.40.